The highest BCUT2D eigenvalue weighted by Gasteiger charge is 2.16. The number of hydrogen-bond acceptors (Lipinski definition) is 3. The van der Waals surface area contributed by atoms with Gasteiger partial charge in [0.15, 0.2) is 10.6 Å². The van der Waals surface area contributed by atoms with Gasteiger partial charge >= 0.3 is 0 Å². The van der Waals surface area contributed by atoms with Crippen LogP contribution in [-0.2, 0) is 4.79 Å². The van der Waals surface area contributed by atoms with Crippen molar-refractivity contribution in [1.29, 1.82) is 0 Å². The van der Waals surface area contributed by atoms with Crippen LogP contribution in [0.5, 0.6) is 0 Å². The number of nitrogens with one attached hydrogen (secondary N) is 1. The van der Waals surface area contributed by atoms with Crippen molar-refractivity contribution in [2.45, 2.75) is 4.84 Å². The third-order valence-electron chi connectivity index (χ3n) is 3.34. The maximum Gasteiger partial charge on any atom is 0.257 e. The second kappa shape index (κ2) is 7.67. The monoisotopic (exact) mass is 414 g/mol. The van der Waals surface area contributed by atoms with E-state index in [1.807, 2.05) is 6.07 Å². The lowest BCUT2D eigenvalue weighted by atomic mass is 10.1. The minimum Gasteiger partial charge on any atom is -0.356 e. The molecule has 2 aromatic carbocycles. The fourth-order valence-corrected chi connectivity index (χ4v) is 2.91. The second-order valence-electron chi connectivity index (χ2n) is 5.04. The average Bonchev–Trinajstić information content (AvgIpc) is 3.04. The van der Waals surface area contributed by atoms with Crippen molar-refractivity contribution < 1.29 is 9.32 Å². The average molecular weight is 416 g/mol. The molecule has 3 aromatic rings. The van der Waals surface area contributed by atoms with E-state index in [-0.39, 0.29) is 0 Å². The van der Waals surface area contributed by atoms with Crippen molar-refractivity contribution in [3.8, 4) is 22.6 Å². The molecule has 0 aliphatic rings. The zero-order valence-electron chi connectivity index (χ0n) is 12.5. The minimum atomic E-state index is -1.15. The van der Waals surface area contributed by atoms with Gasteiger partial charge in [-0.2, -0.15) is 0 Å². The summed E-state index contributed by atoms with van der Waals surface area (Å²) >= 11 is 23.4. The van der Waals surface area contributed by atoms with Crippen LogP contribution in [0.25, 0.3) is 22.6 Å². The van der Waals surface area contributed by atoms with Gasteiger partial charge in [0, 0.05) is 17.3 Å². The van der Waals surface area contributed by atoms with E-state index >= 15 is 0 Å². The van der Waals surface area contributed by atoms with Crippen LogP contribution in [0.2, 0.25) is 10.0 Å². The molecule has 0 bridgehead atoms. The number of halogens is 4. The molecule has 25 heavy (non-hydrogen) atoms. The number of rotatable bonds is 4. The highest BCUT2D eigenvalue weighted by atomic mass is 35.5. The van der Waals surface area contributed by atoms with Crippen LogP contribution in [0.15, 0.2) is 53.1 Å². The molecule has 1 aromatic heterocycles. The Morgan fingerprint density at radius 3 is 2.40 bits per heavy atom. The summed E-state index contributed by atoms with van der Waals surface area (Å²) in [6, 6.07) is 13.9. The van der Waals surface area contributed by atoms with Crippen LogP contribution in [-0.4, -0.2) is 15.9 Å². The summed E-state index contributed by atoms with van der Waals surface area (Å²) in [6.45, 7) is 0. The summed E-state index contributed by atoms with van der Waals surface area (Å²) in [5, 5.41) is 7.58. The summed E-state index contributed by atoms with van der Waals surface area (Å²) in [4.78, 5) is 10.4. The lowest BCUT2D eigenvalue weighted by molar-refractivity contribution is -0.114. The standard InChI is InChI=1S/C17H10Cl4N2O2/c18-11-5-2-6-12(19)15(11)14-8-13(23-25-14)9-3-1-4-10(7-9)22-17(24)16(20)21/h1-8,16H,(H,22,24). The van der Waals surface area contributed by atoms with Gasteiger partial charge in [-0.1, -0.05) is 69.8 Å². The first-order valence-electron chi connectivity index (χ1n) is 7.06. The lowest BCUT2D eigenvalue weighted by Crippen LogP contribution is -2.18. The van der Waals surface area contributed by atoms with Gasteiger partial charge in [0.05, 0.1) is 15.6 Å². The Kier molecular flexibility index (Phi) is 5.54. The molecular weight excluding hydrogens is 406 g/mol. The van der Waals surface area contributed by atoms with E-state index in [1.165, 1.54) is 0 Å². The number of anilines is 1. The first-order valence-corrected chi connectivity index (χ1v) is 8.69. The summed E-state index contributed by atoms with van der Waals surface area (Å²) in [5.41, 5.74) is 2.40. The number of carbonyl (C=O) groups excluding carboxylic acids is 1. The van der Waals surface area contributed by atoms with Crippen molar-refractivity contribution >= 4 is 58.0 Å². The van der Waals surface area contributed by atoms with Crippen LogP contribution in [0.1, 0.15) is 0 Å². The number of hydrogen-bond donors (Lipinski definition) is 1. The number of benzene rings is 2. The van der Waals surface area contributed by atoms with Crippen LogP contribution < -0.4 is 5.32 Å². The maximum atomic E-state index is 11.6. The van der Waals surface area contributed by atoms with E-state index in [1.54, 1.807) is 42.5 Å². The Hall–Kier alpha value is -1.72. The zero-order valence-corrected chi connectivity index (χ0v) is 15.5. The normalized spacial score (nSPS) is 10.9. The Morgan fingerprint density at radius 1 is 1.04 bits per heavy atom. The van der Waals surface area contributed by atoms with Gasteiger partial charge in [0.25, 0.3) is 5.91 Å². The van der Waals surface area contributed by atoms with Crippen LogP contribution in [0, 0.1) is 0 Å². The summed E-state index contributed by atoms with van der Waals surface area (Å²) < 4.78 is 5.38. The van der Waals surface area contributed by atoms with Crippen LogP contribution in [0.3, 0.4) is 0 Å². The molecule has 1 heterocycles. The Morgan fingerprint density at radius 2 is 1.72 bits per heavy atom. The largest absolute Gasteiger partial charge is 0.356 e. The molecule has 0 spiro atoms. The molecule has 1 N–H and O–H groups in total. The molecule has 0 fully saturated rings. The van der Waals surface area contributed by atoms with Crippen LogP contribution >= 0.6 is 46.4 Å². The maximum absolute atomic E-state index is 11.6. The SMILES string of the molecule is O=C(Nc1cccc(-c2cc(-c3c(Cl)cccc3Cl)on2)c1)C(Cl)Cl. The molecule has 0 aliphatic heterocycles. The van der Waals surface area contributed by atoms with Crippen molar-refractivity contribution in [2.75, 3.05) is 5.32 Å². The van der Waals surface area contributed by atoms with E-state index in [9.17, 15) is 4.79 Å². The second-order valence-corrected chi connectivity index (χ2v) is 6.95. The van der Waals surface area contributed by atoms with Gasteiger partial charge in [-0.15, -0.1) is 0 Å². The van der Waals surface area contributed by atoms with E-state index in [0.717, 1.165) is 5.56 Å². The molecule has 0 radical (unpaired) electrons. The molecule has 8 heteroatoms. The summed E-state index contributed by atoms with van der Waals surface area (Å²) in [5.74, 6) is -0.0641. The number of carbonyl (C=O) groups is 1. The number of aromatic nitrogens is 1. The Balaban J connectivity index is 1.92. The Bertz CT molecular complexity index is 904. The lowest BCUT2D eigenvalue weighted by Gasteiger charge is -2.06. The van der Waals surface area contributed by atoms with E-state index in [0.29, 0.717) is 32.8 Å². The third-order valence-corrected chi connectivity index (χ3v) is 4.37. The first kappa shape index (κ1) is 18.1. The quantitative estimate of drug-likeness (QED) is 0.527. The molecular formula is C17H10Cl4N2O2. The van der Waals surface area contributed by atoms with Gasteiger partial charge in [-0.25, -0.2) is 0 Å². The molecule has 1 amide bonds. The molecule has 0 unspecified atom stereocenters. The van der Waals surface area contributed by atoms with Crippen molar-refractivity contribution in [3.05, 3.63) is 58.6 Å². The van der Waals surface area contributed by atoms with E-state index < -0.39 is 10.7 Å². The number of nitrogens with zero attached hydrogens (tertiary/aromatic N) is 1. The van der Waals surface area contributed by atoms with Crippen LogP contribution in [0.4, 0.5) is 5.69 Å². The van der Waals surface area contributed by atoms with E-state index in [4.69, 9.17) is 50.9 Å². The van der Waals surface area contributed by atoms with Crippen molar-refractivity contribution in [3.63, 3.8) is 0 Å². The molecule has 4 nitrogen and oxygen atoms in total. The molecule has 0 atom stereocenters. The van der Waals surface area contributed by atoms with Gasteiger partial charge in [-0.05, 0) is 24.3 Å². The first-order chi connectivity index (χ1) is 12.0. The molecule has 0 saturated heterocycles. The Labute approximate surface area is 163 Å². The van der Waals surface area contributed by atoms with Gasteiger partial charge in [-0.3, -0.25) is 4.79 Å². The van der Waals surface area contributed by atoms with Crippen molar-refractivity contribution in [2.24, 2.45) is 0 Å². The smallest absolute Gasteiger partial charge is 0.257 e. The van der Waals surface area contributed by atoms with Gasteiger partial charge < -0.3 is 9.84 Å². The number of alkyl halides is 2. The highest BCUT2D eigenvalue weighted by molar-refractivity contribution is 6.54. The van der Waals surface area contributed by atoms with Gasteiger partial charge in [0.2, 0.25) is 0 Å². The molecule has 0 saturated carbocycles. The fraction of sp³-hybridized carbons (Fsp3) is 0.0588. The topological polar surface area (TPSA) is 55.1 Å². The zero-order chi connectivity index (χ0) is 18.0. The molecule has 128 valence electrons. The predicted octanol–water partition coefficient (Wildman–Crippen LogP) is 6.06. The fourth-order valence-electron chi connectivity index (χ4n) is 2.22. The highest BCUT2D eigenvalue weighted by Crippen LogP contribution is 2.36. The minimum absolute atomic E-state index is 0.446. The summed E-state index contributed by atoms with van der Waals surface area (Å²) in [7, 11) is 0. The number of amides is 1. The summed E-state index contributed by atoms with van der Waals surface area (Å²) in [6.07, 6.45) is 0. The van der Waals surface area contributed by atoms with Crippen molar-refractivity contribution in [1.82, 2.24) is 5.16 Å². The molecule has 0 aliphatic carbocycles. The van der Waals surface area contributed by atoms with Gasteiger partial charge in [0.1, 0.15) is 5.69 Å². The third kappa shape index (κ3) is 4.10. The van der Waals surface area contributed by atoms with E-state index in [2.05, 4.69) is 10.5 Å². The predicted molar refractivity (Wildman–Crippen MR) is 102 cm³/mol. The molecule has 3 rings (SSSR count).